The molecule has 0 N–H and O–H groups in total. The molecule has 0 fully saturated rings. The predicted molar refractivity (Wildman–Crippen MR) is 94.1 cm³/mol. The third-order valence-electron chi connectivity index (χ3n) is 3.59. The minimum absolute atomic E-state index is 0.0956. The minimum Gasteiger partial charge on any atom is -0.300 e. The second-order valence-electron chi connectivity index (χ2n) is 5.24. The Morgan fingerprint density at radius 1 is 1.04 bits per heavy atom. The zero-order chi connectivity index (χ0) is 16.4. The van der Waals surface area contributed by atoms with Crippen molar-refractivity contribution in [1.29, 1.82) is 0 Å². The highest BCUT2D eigenvalue weighted by atomic mass is 79.9. The van der Waals surface area contributed by atoms with Gasteiger partial charge in [-0.2, -0.15) is 0 Å². The summed E-state index contributed by atoms with van der Waals surface area (Å²) in [4.78, 5) is 14.4. The number of carbonyl (C=O) groups is 1. The number of nitrogens with zero attached hydrogens (tertiary/aromatic N) is 1. The Labute approximate surface area is 143 Å². The highest BCUT2D eigenvalue weighted by Gasteiger charge is 2.31. The highest BCUT2D eigenvalue weighted by molar-refractivity contribution is 9.10. The van der Waals surface area contributed by atoms with E-state index in [1.807, 2.05) is 18.2 Å². The Kier molecular flexibility index (Phi) is 4.37. The summed E-state index contributed by atoms with van der Waals surface area (Å²) in [6, 6.07) is 15.6. The molecule has 0 unspecified atom stereocenters. The molecule has 23 heavy (non-hydrogen) atoms. The molecule has 0 aliphatic carbocycles. The van der Waals surface area contributed by atoms with E-state index in [1.165, 1.54) is 10.3 Å². The fraction of sp³-hybridized carbons (Fsp3) is 0.118. The van der Waals surface area contributed by atoms with E-state index >= 15 is 0 Å². The van der Waals surface area contributed by atoms with Gasteiger partial charge in [-0.15, -0.1) is 0 Å². The van der Waals surface area contributed by atoms with Gasteiger partial charge in [0.05, 0.1) is 11.8 Å². The van der Waals surface area contributed by atoms with Crippen LogP contribution in [0.5, 0.6) is 0 Å². The lowest BCUT2D eigenvalue weighted by Crippen LogP contribution is -2.41. The van der Waals surface area contributed by atoms with Crippen molar-refractivity contribution in [3.8, 4) is 0 Å². The summed E-state index contributed by atoms with van der Waals surface area (Å²) in [6.45, 7) is 0. The molecule has 1 aliphatic heterocycles. The molecule has 1 aliphatic rings. The van der Waals surface area contributed by atoms with Gasteiger partial charge >= 0.3 is 0 Å². The Morgan fingerprint density at radius 2 is 1.70 bits per heavy atom. The maximum atomic E-state index is 12.9. The van der Waals surface area contributed by atoms with E-state index in [2.05, 4.69) is 15.9 Å². The lowest BCUT2D eigenvalue weighted by atomic mass is 10.1. The van der Waals surface area contributed by atoms with Gasteiger partial charge in [0.1, 0.15) is 0 Å². The van der Waals surface area contributed by atoms with Gasteiger partial charge in [-0.3, -0.25) is 4.79 Å². The van der Waals surface area contributed by atoms with Crippen LogP contribution in [0.2, 0.25) is 0 Å². The summed E-state index contributed by atoms with van der Waals surface area (Å²) in [6.07, 6.45) is 1.57. The monoisotopic (exact) mass is 391 g/mol. The SMILES string of the molecule is O=C(c1ccccc1)N(c1ccc(Br)cc1)[C@H]1C=CS(=O)(=O)C1. The standard InChI is InChI=1S/C17H14BrNO3S/c18-14-6-8-15(9-7-14)19(16-10-11-23(21,22)12-16)17(20)13-4-2-1-3-5-13/h1-11,16H,12H2/t16-/m0/s1. The van der Waals surface area contributed by atoms with Crippen molar-refractivity contribution in [3.05, 3.63) is 76.1 Å². The van der Waals surface area contributed by atoms with Crippen LogP contribution in [0.1, 0.15) is 10.4 Å². The number of rotatable bonds is 3. The van der Waals surface area contributed by atoms with Crippen molar-refractivity contribution in [2.45, 2.75) is 6.04 Å². The molecule has 1 heterocycles. The van der Waals surface area contributed by atoms with Gasteiger partial charge in [0, 0.05) is 21.1 Å². The molecule has 6 heteroatoms. The zero-order valence-electron chi connectivity index (χ0n) is 12.1. The fourth-order valence-corrected chi connectivity index (χ4v) is 4.03. The van der Waals surface area contributed by atoms with Crippen LogP contribution in [0, 0.1) is 0 Å². The van der Waals surface area contributed by atoms with Crippen LogP contribution in [0.3, 0.4) is 0 Å². The third-order valence-corrected chi connectivity index (χ3v) is 5.49. The average Bonchev–Trinajstić information content (AvgIpc) is 2.90. The van der Waals surface area contributed by atoms with Crippen molar-refractivity contribution >= 4 is 37.4 Å². The Hall–Kier alpha value is -1.92. The largest absolute Gasteiger partial charge is 0.300 e. The Morgan fingerprint density at radius 3 is 2.26 bits per heavy atom. The minimum atomic E-state index is -3.26. The first-order valence-electron chi connectivity index (χ1n) is 7.01. The summed E-state index contributed by atoms with van der Waals surface area (Å²) >= 11 is 3.36. The van der Waals surface area contributed by atoms with E-state index in [4.69, 9.17) is 0 Å². The van der Waals surface area contributed by atoms with Gasteiger partial charge in [0.2, 0.25) is 0 Å². The molecule has 0 saturated heterocycles. The van der Waals surface area contributed by atoms with Crippen LogP contribution in [0.4, 0.5) is 5.69 Å². The predicted octanol–water partition coefficient (Wildman–Crippen LogP) is 3.41. The van der Waals surface area contributed by atoms with Gasteiger partial charge in [-0.1, -0.05) is 34.1 Å². The van der Waals surface area contributed by atoms with E-state index in [-0.39, 0.29) is 11.7 Å². The van der Waals surface area contributed by atoms with Crippen LogP contribution in [0.15, 0.2) is 70.6 Å². The molecule has 2 aromatic carbocycles. The number of halogens is 1. The first-order valence-corrected chi connectivity index (χ1v) is 9.52. The number of amides is 1. The zero-order valence-corrected chi connectivity index (χ0v) is 14.5. The molecule has 1 amide bonds. The second-order valence-corrected chi connectivity index (χ2v) is 8.09. The fourth-order valence-electron chi connectivity index (χ4n) is 2.50. The van der Waals surface area contributed by atoms with Crippen molar-refractivity contribution in [1.82, 2.24) is 0 Å². The Balaban J connectivity index is 2.02. The maximum absolute atomic E-state index is 12.9. The summed E-state index contributed by atoms with van der Waals surface area (Å²) < 4.78 is 24.4. The van der Waals surface area contributed by atoms with Crippen molar-refractivity contribution < 1.29 is 13.2 Å². The molecular weight excluding hydrogens is 378 g/mol. The maximum Gasteiger partial charge on any atom is 0.258 e. The summed E-state index contributed by atoms with van der Waals surface area (Å²) in [5.74, 6) is -0.318. The van der Waals surface area contributed by atoms with Crippen LogP contribution in [-0.4, -0.2) is 26.1 Å². The molecule has 0 spiro atoms. The van der Waals surface area contributed by atoms with Crippen LogP contribution in [0.25, 0.3) is 0 Å². The quantitative estimate of drug-likeness (QED) is 0.805. The second kappa shape index (κ2) is 6.29. The van der Waals surface area contributed by atoms with E-state index < -0.39 is 15.9 Å². The van der Waals surface area contributed by atoms with E-state index in [0.717, 1.165) is 4.47 Å². The smallest absolute Gasteiger partial charge is 0.258 e. The number of anilines is 1. The molecule has 2 aromatic rings. The number of sulfone groups is 1. The molecular formula is C17H14BrNO3S. The van der Waals surface area contributed by atoms with Crippen LogP contribution in [-0.2, 0) is 9.84 Å². The van der Waals surface area contributed by atoms with Crippen molar-refractivity contribution in [3.63, 3.8) is 0 Å². The van der Waals surface area contributed by atoms with Crippen molar-refractivity contribution in [2.75, 3.05) is 10.7 Å². The van der Waals surface area contributed by atoms with Gasteiger partial charge < -0.3 is 4.90 Å². The summed E-state index contributed by atoms with van der Waals surface area (Å²) in [5.41, 5.74) is 1.18. The number of hydrogen-bond acceptors (Lipinski definition) is 3. The van der Waals surface area contributed by atoms with E-state index in [9.17, 15) is 13.2 Å². The summed E-state index contributed by atoms with van der Waals surface area (Å²) in [7, 11) is -3.26. The number of benzene rings is 2. The molecule has 0 aromatic heterocycles. The number of hydrogen-bond donors (Lipinski definition) is 0. The van der Waals surface area contributed by atoms with Gasteiger partial charge in [-0.05, 0) is 42.5 Å². The lowest BCUT2D eigenvalue weighted by Gasteiger charge is -2.28. The molecule has 4 nitrogen and oxygen atoms in total. The highest BCUT2D eigenvalue weighted by Crippen LogP contribution is 2.26. The molecule has 0 bridgehead atoms. The first-order chi connectivity index (χ1) is 11.0. The molecule has 1 atom stereocenters. The first kappa shape index (κ1) is 16.0. The van der Waals surface area contributed by atoms with Gasteiger partial charge in [-0.25, -0.2) is 8.42 Å². The lowest BCUT2D eigenvalue weighted by molar-refractivity contribution is 0.0983. The number of carbonyl (C=O) groups excluding carboxylic acids is 1. The Bertz CT molecular complexity index is 845. The molecule has 118 valence electrons. The topological polar surface area (TPSA) is 54.5 Å². The molecule has 3 rings (SSSR count). The van der Waals surface area contributed by atoms with E-state index in [1.54, 1.807) is 42.5 Å². The van der Waals surface area contributed by atoms with Crippen molar-refractivity contribution in [2.24, 2.45) is 0 Å². The van der Waals surface area contributed by atoms with Crippen LogP contribution >= 0.6 is 15.9 Å². The summed E-state index contributed by atoms with van der Waals surface area (Å²) in [5, 5.41) is 1.18. The normalized spacial score (nSPS) is 18.7. The van der Waals surface area contributed by atoms with Gasteiger partial charge in [0.25, 0.3) is 5.91 Å². The van der Waals surface area contributed by atoms with Crippen LogP contribution < -0.4 is 4.90 Å². The van der Waals surface area contributed by atoms with E-state index in [0.29, 0.717) is 11.3 Å². The molecule has 0 saturated carbocycles. The average molecular weight is 392 g/mol. The molecule has 0 radical (unpaired) electrons. The van der Waals surface area contributed by atoms with Gasteiger partial charge in [0.15, 0.2) is 9.84 Å². The third kappa shape index (κ3) is 3.54.